The van der Waals surface area contributed by atoms with E-state index in [0.29, 0.717) is 47.9 Å². The predicted octanol–water partition coefficient (Wildman–Crippen LogP) is 4.27. The van der Waals surface area contributed by atoms with Gasteiger partial charge in [-0.1, -0.05) is 0 Å². The van der Waals surface area contributed by atoms with Crippen LogP contribution in [0.5, 0.6) is 5.75 Å². The zero-order valence-corrected chi connectivity index (χ0v) is 19.8. The van der Waals surface area contributed by atoms with E-state index in [9.17, 15) is 13.6 Å². The number of hydrogen-bond acceptors (Lipinski definition) is 6. The number of halogens is 3. The molecule has 1 aliphatic rings. The average molecular weight is 525 g/mol. The van der Waals surface area contributed by atoms with Gasteiger partial charge in [0.25, 0.3) is 0 Å². The first-order valence-electron chi connectivity index (χ1n) is 10.4. The lowest BCUT2D eigenvalue weighted by Crippen LogP contribution is -2.31. The van der Waals surface area contributed by atoms with E-state index < -0.39 is 17.6 Å². The number of methoxy groups -OCH3 is 2. The van der Waals surface area contributed by atoms with Crippen LogP contribution in [-0.2, 0) is 27.2 Å². The van der Waals surface area contributed by atoms with Crippen LogP contribution >= 0.6 is 15.9 Å². The lowest BCUT2D eigenvalue weighted by atomic mass is 10.1. The monoisotopic (exact) mass is 524 g/mol. The van der Waals surface area contributed by atoms with Gasteiger partial charge >= 0.3 is 5.97 Å². The van der Waals surface area contributed by atoms with Crippen LogP contribution in [0.2, 0.25) is 0 Å². The summed E-state index contributed by atoms with van der Waals surface area (Å²) in [7, 11) is 2.86. The Balaban J connectivity index is 1.84. The van der Waals surface area contributed by atoms with Gasteiger partial charge in [-0.05, 0) is 52.2 Å². The Morgan fingerprint density at radius 3 is 2.67 bits per heavy atom. The van der Waals surface area contributed by atoms with Crippen LogP contribution in [0.25, 0.3) is 11.0 Å². The minimum atomic E-state index is -0.562. The van der Waals surface area contributed by atoms with Crippen LogP contribution in [0.3, 0.4) is 0 Å². The predicted molar refractivity (Wildman–Crippen MR) is 120 cm³/mol. The van der Waals surface area contributed by atoms with Crippen molar-refractivity contribution < 1.29 is 32.5 Å². The minimum Gasteiger partial charge on any atom is -0.489 e. The van der Waals surface area contributed by atoms with E-state index in [4.69, 9.17) is 23.9 Å². The Morgan fingerprint density at radius 2 is 2.00 bits per heavy atom. The summed E-state index contributed by atoms with van der Waals surface area (Å²) in [6, 6.07) is 5.48. The van der Waals surface area contributed by atoms with Gasteiger partial charge in [-0.25, -0.2) is 18.6 Å². The van der Waals surface area contributed by atoms with Crippen molar-refractivity contribution in [2.75, 3.05) is 34.0 Å². The molecule has 0 spiro atoms. The second-order valence-electron chi connectivity index (χ2n) is 7.63. The van der Waals surface area contributed by atoms with E-state index >= 15 is 0 Å². The average Bonchev–Trinajstić information content (AvgIpc) is 3.11. The molecule has 0 bridgehead atoms. The normalized spacial score (nSPS) is 15.5. The molecule has 0 aliphatic carbocycles. The SMILES string of the molecule is COCCOc1cc(C(=O)OC)cc2c1nc(Cc1cc(F)c(Br)cc1F)n2C[C@@H]1CCO1. The largest absolute Gasteiger partial charge is 0.489 e. The van der Waals surface area contributed by atoms with Crippen molar-refractivity contribution >= 4 is 32.9 Å². The standard InChI is InChI=1S/C23H23BrF2N2O5/c1-30-5-6-33-20-9-14(23(29)31-2)8-19-22(20)27-21(28(19)12-15-3-4-32-15)10-13-7-18(26)16(24)11-17(13)25/h7-9,11,15H,3-6,10,12H2,1-2H3/t15-/m0/s1. The molecule has 176 valence electrons. The highest BCUT2D eigenvalue weighted by Gasteiger charge is 2.25. The number of esters is 1. The smallest absolute Gasteiger partial charge is 0.338 e. The van der Waals surface area contributed by atoms with E-state index in [1.54, 1.807) is 19.2 Å². The molecule has 0 radical (unpaired) electrons. The summed E-state index contributed by atoms with van der Waals surface area (Å²) in [6.45, 7) is 1.71. The van der Waals surface area contributed by atoms with E-state index in [0.717, 1.165) is 18.6 Å². The highest BCUT2D eigenvalue weighted by Crippen LogP contribution is 2.32. The molecule has 0 amide bonds. The van der Waals surface area contributed by atoms with Gasteiger partial charge < -0.3 is 23.5 Å². The highest BCUT2D eigenvalue weighted by molar-refractivity contribution is 9.10. The molecule has 10 heteroatoms. The molecule has 1 aliphatic heterocycles. The zero-order chi connectivity index (χ0) is 23.5. The first-order valence-corrected chi connectivity index (χ1v) is 11.2. The third-order valence-electron chi connectivity index (χ3n) is 5.48. The van der Waals surface area contributed by atoms with Crippen LogP contribution < -0.4 is 4.74 Å². The second-order valence-corrected chi connectivity index (χ2v) is 8.48. The molecule has 7 nitrogen and oxygen atoms in total. The van der Waals surface area contributed by atoms with Crippen molar-refractivity contribution in [2.24, 2.45) is 0 Å². The Hall–Kier alpha value is -2.56. The van der Waals surface area contributed by atoms with Crippen LogP contribution in [-0.4, -0.2) is 55.7 Å². The van der Waals surface area contributed by atoms with Crippen molar-refractivity contribution in [3.63, 3.8) is 0 Å². The number of aromatic nitrogens is 2. The topological polar surface area (TPSA) is 71.8 Å². The quantitative estimate of drug-likeness (QED) is 0.236. The number of imidazole rings is 1. The fraction of sp³-hybridized carbons (Fsp3) is 0.391. The van der Waals surface area contributed by atoms with E-state index in [-0.39, 0.29) is 29.2 Å². The molecule has 33 heavy (non-hydrogen) atoms. The molecular weight excluding hydrogens is 502 g/mol. The van der Waals surface area contributed by atoms with Crippen LogP contribution in [0.15, 0.2) is 28.7 Å². The maximum absolute atomic E-state index is 14.6. The molecule has 4 rings (SSSR count). The van der Waals surface area contributed by atoms with Gasteiger partial charge in [0.05, 0.1) is 41.9 Å². The number of hydrogen-bond donors (Lipinski definition) is 0. The minimum absolute atomic E-state index is 0.0349. The van der Waals surface area contributed by atoms with E-state index in [1.807, 2.05) is 4.57 Å². The number of carbonyl (C=O) groups excluding carboxylic acids is 1. The molecular formula is C23H23BrF2N2O5. The van der Waals surface area contributed by atoms with Gasteiger partial charge in [-0.2, -0.15) is 0 Å². The summed E-state index contributed by atoms with van der Waals surface area (Å²) in [5.41, 5.74) is 1.58. The fourth-order valence-corrected chi connectivity index (χ4v) is 3.98. The molecule has 3 aromatic rings. The molecule has 1 aromatic heterocycles. The summed E-state index contributed by atoms with van der Waals surface area (Å²) in [4.78, 5) is 17.0. The summed E-state index contributed by atoms with van der Waals surface area (Å²) in [5.74, 6) is -0.757. The number of benzene rings is 2. The summed E-state index contributed by atoms with van der Waals surface area (Å²) >= 11 is 3.00. The van der Waals surface area contributed by atoms with Crippen molar-refractivity contribution in [3.05, 3.63) is 57.3 Å². The van der Waals surface area contributed by atoms with Crippen molar-refractivity contribution in [2.45, 2.75) is 25.5 Å². The van der Waals surface area contributed by atoms with Gasteiger partial charge in [-0.3, -0.25) is 0 Å². The zero-order valence-electron chi connectivity index (χ0n) is 18.2. The van der Waals surface area contributed by atoms with Crippen molar-refractivity contribution in [1.82, 2.24) is 9.55 Å². The molecule has 1 saturated heterocycles. The first-order chi connectivity index (χ1) is 15.9. The Morgan fingerprint density at radius 1 is 1.21 bits per heavy atom. The maximum atomic E-state index is 14.6. The summed E-state index contributed by atoms with van der Waals surface area (Å²) in [6.07, 6.45) is 0.879. The molecule has 2 heterocycles. The Labute approximate surface area is 197 Å². The lowest BCUT2D eigenvalue weighted by molar-refractivity contribution is -0.0589. The van der Waals surface area contributed by atoms with Crippen molar-refractivity contribution in [3.8, 4) is 5.75 Å². The third kappa shape index (κ3) is 5.02. The molecule has 1 fully saturated rings. The maximum Gasteiger partial charge on any atom is 0.338 e. The molecule has 0 N–H and O–H groups in total. The van der Waals surface area contributed by atoms with Gasteiger partial charge in [0.2, 0.25) is 0 Å². The molecule has 0 saturated carbocycles. The first kappa shape index (κ1) is 23.6. The number of rotatable bonds is 9. The van der Waals surface area contributed by atoms with Gasteiger partial charge in [-0.15, -0.1) is 0 Å². The fourth-order valence-electron chi connectivity index (χ4n) is 3.66. The Kier molecular flexibility index (Phi) is 7.26. The summed E-state index contributed by atoms with van der Waals surface area (Å²) in [5, 5.41) is 0. The molecule has 0 unspecified atom stereocenters. The number of carbonyl (C=O) groups is 1. The third-order valence-corrected chi connectivity index (χ3v) is 6.09. The van der Waals surface area contributed by atoms with Crippen LogP contribution in [0, 0.1) is 11.6 Å². The van der Waals surface area contributed by atoms with E-state index in [2.05, 4.69) is 15.9 Å². The lowest BCUT2D eigenvalue weighted by Gasteiger charge is -2.27. The number of nitrogens with zero attached hydrogens (tertiary/aromatic N) is 2. The van der Waals surface area contributed by atoms with Crippen LogP contribution in [0.4, 0.5) is 8.78 Å². The van der Waals surface area contributed by atoms with Crippen molar-refractivity contribution in [1.29, 1.82) is 0 Å². The number of ether oxygens (including phenoxy) is 4. The van der Waals surface area contributed by atoms with E-state index in [1.165, 1.54) is 7.11 Å². The van der Waals surface area contributed by atoms with Gasteiger partial charge in [0.15, 0.2) is 0 Å². The number of fused-ring (bicyclic) bond motifs is 1. The Bertz CT molecular complexity index is 1180. The molecule has 2 aromatic carbocycles. The van der Waals surface area contributed by atoms with Gasteiger partial charge in [0, 0.05) is 20.1 Å². The highest BCUT2D eigenvalue weighted by atomic mass is 79.9. The van der Waals surface area contributed by atoms with Gasteiger partial charge in [0.1, 0.15) is 35.3 Å². The van der Waals surface area contributed by atoms with Crippen LogP contribution in [0.1, 0.15) is 28.2 Å². The second kappa shape index (κ2) is 10.1. The summed E-state index contributed by atoms with van der Waals surface area (Å²) < 4.78 is 52.0. The molecule has 1 atom stereocenters.